The van der Waals surface area contributed by atoms with Gasteiger partial charge < -0.3 is 19.7 Å². The molecule has 0 radical (unpaired) electrons. The number of nitrogens with zero attached hydrogens (tertiary/aromatic N) is 3. The molecule has 1 fully saturated rings. The maximum Gasteiger partial charge on any atom is 0.407 e. The first-order valence-electron chi connectivity index (χ1n) is 7.76. The van der Waals surface area contributed by atoms with Gasteiger partial charge in [0.15, 0.2) is 0 Å². The minimum absolute atomic E-state index is 0.176. The number of carbonyl (C=O) groups is 2. The lowest BCUT2D eigenvalue weighted by molar-refractivity contribution is -0.141. The smallest absolute Gasteiger partial charge is 0.407 e. The van der Waals surface area contributed by atoms with Crippen LogP contribution in [0.3, 0.4) is 0 Å². The van der Waals surface area contributed by atoms with Crippen molar-refractivity contribution in [1.29, 1.82) is 0 Å². The third-order valence-electron chi connectivity index (χ3n) is 4.46. The van der Waals surface area contributed by atoms with E-state index in [-0.39, 0.29) is 11.9 Å². The van der Waals surface area contributed by atoms with Crippen LogP contribution in [0.1, 0.15) is 32.1 Å². The van der Waals surface area contributed by atoms with Gasteiger partial charge in [0, 0.05) is 26.9 Å². The van der Waals surface area contributed by atoms with Gasteiger partial charge in [-0.25, -0.2) is 9.78 Å². The van der Waals surface area contributed by atoms with Gasteiger partial charge >= 0.3 is 6.09 Å². The molecule has 0 bridgehead atoms. The Morgan fingerprint density at radius 1 is 1.58 bits per heavy atom. The number of likely N-dealkylation sites (tertiary alicyclic amines) is 1. The van der Waals surface area contributed by atoms with Gasteiger partial charge in [-0.3, -0.25) is 9.69 Å². The van der Waals surface area contributed by atoms with Crippen LogP contribution in [0, 0.1) is 9.62 Å². The summed E-state index contributed by atoms with van der Waals surface area (Å²) in [5.74, 6) is 0.796. The fourth-order valence-electron chi connectivity index (χ4n) is 3.13. The first-order chi connectivity index (χ1) is 11.3. The fourth-order valence-corrected chi connectivity index (χ4v) is 3.55. The number of imidazole rings is 1. The Kier molecular flexibility index (Phi) is 6.07. The monoisotopic (exact) mass is 450 g/mol. The molecule has 9 heteroatoms. The molecule has 0 aliphatic carbocycles. The van der Waals surface area contributed by atoms with Crippen LogP contribution < -0.4 is 0 Å². The largest absolute Gasteiger partial charge is 0.465 e. The van der Waals surface area contributed by atoms with Gasteiger partial charge in [-0.15, -0.1) is 0 Å². The molecule has 1 aromatic heterocycles. The third kappa shape index (κ3) is 3.82. The number of nitrogens with one attached hydrogen (secondary N) is 1. The van der Waals surface area contributed by atoms with Crippen molar-refractivity contribution in [2.24, 2.45) is 5.92 Å². The third-order valence-corrected chi connectivity index (χ3v) is 5.02. The Balaban J connectivity index is 2.30. The normalized spacial score (nSPS) is 23.1. The molecule has 1 aromatic rings. The summed E-state index contributed by atoms with van der Waals surface area (Å²) >= 11 is 2.11. The second kappa shape index (κ2) is 7.68. The highest BCUT2D eigenvalue weighted by atomic mass is 127. The van der Waals surface area contributed by atoms with Crippen molar-refractivity contribution in [3.63, 3.8) is 0 Å². The number of likely N-dealkylation sites (N-methyl/N-ethyl adjacent to an activating group) is 1. The summed E-state index contributed by atoms with van der Waals surface area (Å²) in [5, 5.41) is 9.31. The predicted molar refractivity (Wildman–Crippen MR) is 95.6 cm³/mol. The number of ether oxygens (including phenoxy) is 1. The van der Waals surface area contributed by atoms with Crippen molar-refractivity contribution in [1.82, 2.24) is 19.8 Å². The highest BCUT2D eigenvalue weighted by Gasteiger charge is 2.42. The first-order valence-corrected chi connectivity index (χ1v) is 8.84. The lowest BCUT2D eigenvalue weighted by Gasteiger charge is -2.34. The zero-order valence-corrected chi connectivity index (χ0v) is 16.4. The van der Waals surface area contributed by atoms with E-state index >= 15 is 0 Å². The Hall–Kier alpha value is -1.36. The zero-order chi connectivity index (χ0) is 18.0. The predicted octanol–water partition coefficient (Wildman–Crippen LogP) is 1.94. The number of aromatic amines is 1. The van der Waals surface area contributed by atoms with Crippen LogP contribution in [0.2, 0.25) is 0 Å². The van der Waals surface area contributed by atoms with E-state index in [0.29, 0.717) is 12.5 Å². The Bertz CT molecular complexity index is 608. The summed E-state index contributed by atoms with van der Waals surface area (Å²) in [6.07, 6.45) is 0.876. The molecular weight excluding hydrogens is 427 g/mol. The molecule has 1 saturated heterocycles. The lowest BCUT2D eigenvalue weighted by Crippen LogP contribution is -2.54. The number of amides is 2. The highest BCUT2D eigenvalue weighted by Crippen LogP contribution is 2.35. The van der Waals surface area contributed by atoms with E-state index < -0.39 is 18.2 Å². The van der Waals surface area contributed by atoms with E-state index in [4.69, 9.17) is 4.74 Å². The first kappa shape index (κ1) is 19.0. The van der Waals surface area contributed by atoms with E-state index in [2.05, 4.69) is 39.5 Å². The minimum atomic E-state index is -1.16. The van der Waals surface area contributed by atoms with Crippen molar-refractivity contribution in [2.45, 2.75) is 38.5 Å². The summed E-state index contributed by atoms with van der Waals surface area (Å²) in [5.41, 5.74) is 0. The van der Waals surface area contributed by atoms with Gasteiger partial charge in [-0.2, -0.15) is 0 Å². The molecule has 1 aliphatic rings. The van der Waals surface area contributed by atoms with Gasteiger partial charge in [0.2, 0.25) is 5.91 Å². The van der Waals surface area contributed by atoms with Crippen molar-refractivity contribution in [3.8, 4) is 0 Å². The number of hydrogen-bond acceptors (Lipinski definition) is 4. The van der Waals surface area contributed by atoms with Crippen molar-refractivity contribution in [3.05, 3.63) is 15.7 Å². The molecule has 2 amide bonds. The van der Waals surface area contributed by atoms with Gasteiger partial charge in [-0.05, 0) is 41.9 Å². The number of hydrogen-bond donors (Lipinski definition) is 2. The number of methoxy groups -OCH3 is 1. The van der Waals surface area contributed by atoms with E-state index in [1.54, 1.807) is 18.0 Å². The van der Waals surface area contributed by atoms with Crippen molar-refractivity contribution < 1.29 is 19.4 Å². The Morgan fingerprint density at radius 2 is 2.25 bits per heavy atom. The molecule has 8 nitrogen and oxygen atoms in total. The summed E-state index contributed by atoms with van der Waals surface area (Å²) in [6.45, 7) is 4.34. The van der Waals surface area contributed by atoms with Crippen LogP contribution >= 0.6 is 22.6 Å². The van der Waals surface area contributed by atoms with Crippen molar-refractivity contribution >= 4 is 34.6 Å². The Morgan fingerprint density at radius 3 is 2.75 bits per heavy atom. The van der Waals surface area contributed by atoms with E-state index in [1.807, 2.05) is 0 Å². The number of carboxylic acid groups (broad SMARTS) is 1. The molecule has 0 saturated carbocycles. The number of rotatable bonds is 5. The van der Waals surface area contributed by atoms with Gasteiger partial charge in [0.1, 0.15) is 15.6 Å². The molecule has 2 N–H and O–H groups in total. The molecule has 24 heavy (non-hydrogen) atoms. The van der Waals surface area contributed by atoms with Gasteiger partial charge in [0.05, 0.1) is 12.1 Å². The molecule has 0 unspecified atom stereocenters. The van der Waals surface area contributed by atoms with Crippen molar-refractivity contribution in [2.75, 3.05) is 20.7 Å². The maximum atomic E-state index is 13.1. The quantitative estimate of drug-likeness (QED) is 0.669. The minimum Gasteiger partial charge on any atom is -0.465 e. The molecule has 1 aliphatic heterocycles. The van der Waals surface area contributed by atoms with Crippen LogP contribution in [0.15, 0.2) is 6.20 Å². The summed E-state index contributed by atoms with van der Waals surface area (Å²) in [6, 6.07) is -1.07. The Labute approximate surface area is 154 Å². The fraction of sp³-hybridized carbons (Fsp3) is 0.667. The van der Waals surface area contributed by atoms with Crippen LogP contribution in [0.25, 0.3) is 0 Å². The SMILES string of the molecule is CO[C@H](C)[C@@H](C(=O)N1C[C@@H](C)C[C@H]1c1nc(I)c[nH]1)N(C)C(=O)O. The summed E-state index contributed by atoms with van der Waals surface area (Å²) in [4.78, 5) is 34.8. The molecule has 4 atom stereocenters. The lowest BCUT2D eigenvalue weighted by atomic mass is 10.1. The number of aromatic nitrogens is 2. The van der Waals surface area contributed by atoms with E-state index in [1.165, 1.54) is 14.2 Å². The number of carbonyl (C=O) groups excluding carboxylic acids is 1. The molecule has 0 spiro atoms. The summed E-state index contributed by atoms with van der Waals surface area (Å²) < 4.78 is 6.09. The standard InChI is InChI=1S/C15H23IN4O4/c1-8-5-10(13-17-6-11(16)18-13)20(7-8)14(21)12(9(2)24-4)19(3)15(22)23/h6,8-10,12H,5,7H2,1-4H3,(H,17,18)(H,22,23)/t8-,9+,10-,12-/m0/s1. The van der Waals surface area contributed by atoms with Gasteiger partial charge in [-0.1, -0.05) is 6.92 Å². The number of H-pyrrole nitrogens is 1. The number of halogens is 1. The van der Waals surface area contributed by atoms with Crippen LogP contribution in [0.5, 0.6) is 0 Å². The molecule has 134 valence electrons. The van der Waals surface area contributed by atoms with Crippen LogP contribution in [-0.4, -0.2) is 69.7 Å². The van der Waals surface area contributed by atoms with Crippen LogP contribution in [-0.2, 0) is 9.53 Å². The molecular formula is C15H23IN4O4. The van der Waals surface area contributed by atoms with E-state index in [0.717, 1.165) is 20.8 Å². The molecule has 0 aromatic carbocycles. The molecule has 2 heterocycles. The van der Waals surface area contributed by atoms with Gasteiger partial charge in [0.25, 0.3) is 0 Å². The average molecular weight is 450 g/mol. The topological polar surface area (TPSA) is 98.8 Å². The van der Waals surface area contributed by atoms with E-state index in [9.17, 15) is 14.7 Å². The zero-order valence-electron chi connectivity index (χ0n) is 14.2. The average Bonchev–Trinajstić information content (AvgIpc) is 3.12. The molecule has 2 rings (SSSR count). The highest BCUT2D eigenvalue weighted by molar-refractivity contribution is 14.1. The second-order valence-electron chi connectivity index (χ2n) is 6.23. The van der Waals surface area contributed by atoms with Crippen LogP contribution in [0.4, 0.5) is 4.79 Å². The second-order valence-corrected chi connectivity index (χ2v) is 7.34. The summed E-state index contributed by atoms with van der Waals surface area (Å²) in [7, 11) is 2.87. The maximum absolute atomic E-state index is 13.1.